The molecule has 3 aliphatic rings. The van der Waals surface area contributed by atoms with Gasteiger partial charge < -0.3 is 89.9 Å². The minimum Gasteiger partial charge on any atom is -0.394 e. The van der Waals surface area contributed by atoms with E-state index in [1.165, 1.54) is 89.9 Å². The van der Waals surface area contributed by atoms with Gasteiger partial charge in [-0.3, -0.25) is 4.79 Å². The quantitative estimate of drug-likeness (QED) is 0.0314. The Balaban J connectivity index is 1.55. The molecule has 0 aromatic heterocycles. The smallest absolute Gasteiger partial charge is 0.220 e. The van der Waals surface area contributed by atoms with E-state index in [-0.39, 0.29) is 18.9 Å². The number of hydrogen-bond acceptors (Lipinski definition) is 18. The van der Waals surface area contributed by atoms with Crippen LogP contribution in [0.4, 0.5) is 0 Å². The first-order chi connectivity index (χ1) is 33.8. The molecule has 70 heavy (non-hydrogen) atoms. The maximum Gasteiger partial charge on any atom is 0.220 e. The molecule has 3 rings (SSSR count). The molecular formula is C51H93NO18. The zero-order valence-electron chi connectivity index (χ0n) is 42.0. The van der Waals surface area contributed by atoms with Crippen molar-refractivity contribution in [2.24, 2.45) is 0 Å². The van der Waals surface area contributed by atoms with Gasteiger partial charge in [0.15, 0.2) is 18.9 Å². The van der Waals surface area contributed by atoms with Gasteiger partial charge in [0.1, 0.15) is 73.2 Å². The van der Waals surface area contributed by atoms with Crippen molar-refractivity contribution in [3.63, 3.8) is 0 Å². The molecular weight excluding hydrogens is 915 g/mol. The first-order valence-electron chi connectivity index (χ1n) is 26.6. The molecule has 17 atom stereocenters. The summed E-state index contributed by atoms with van der Waals surface area (Å²) in [5.41, 5.74) is 0. The third kappa shape index (κ3) is 21.6. The number of aliphatic hydroxyl groups excluding tert-OH is 11. The van der Waals surface area contributed by atoms with E-state index in [0.29, 0.717) is 12.8 Å². The van der Waals surface area contributed by atoms with Crippen LogP contribution in [0.1, 0.15) is 162 Å². The van der Waals surface area contributed by atoms with Crippen LogP contribution in [0.25, 0.3) is 0 Å². The van der Waals surface area contributed by atoms with Crippen molar-refractivity contribution in [1.29, 1.82) is 0 Å². The number of ether oxygens (including phenoxy) is 6. The molecule has 17 unspecified atom stereocenters. The Labute approximate surface area is 416 Å². The molecule has 410 valence electrons. The molecule has 0 aliphatic carbocycles. The molecule has 1 amide bonds. The largest absolute Gasteiger partial charge is 0.394 e. The zero-order valence-corrected chi connectivity index (χ0v) is 42.0. The highest BCUT2D eigenvalue weighted by atomic mass is 16.8. The molecule has 19 heteroatoms. The molecule has 0 aromatic carbocycles. The van der Waals surface area contributed by atoms with E-state index in [2.05, 4.69) is 31.3 Å². The van der Waals surface area contributed by atoms with E-state index in [1.807, 2.05) is 6.08 Å². The molecule has 0 saturated carbocycles. The highest BCUT2D eigenvalue weighted by Crippen LogP contribution is 2.33. The van der Waals surface area contributed by atoms with Gasteiger partial charge in [0.25, 0.3) is 0 Å². The average Bonchev–Trinajstić information content (AvgIpc) is 3.35. The second-order valence-electron chi connectivity index (χ2n) is 19.3. The standard InChI is InChI=1S/C51H93NO18/c1-3-5-7-9-11-13-15-16-17-18-19-21-23-25-27-29-39(57)52-34(35(56)28-26-24-22-20-14-12-10-8-6-4-2)33-65-49-45(63)42(60)47(37(31-54)67-49)70-51-46(64)43(61)48(38(32-55)68-51)69-50-44(62)41(59)40(58)36(30-53)66-50/h14,20,26,28,34-38,40-51,53-56,58-64H,3-13,15-19,21-25,27,29-33H2,1-2H3,(H,52,57)/b20-14+,28-26+. The van der Waals surface area contributed by atoms with Crippen molar-refractivity contribution in [3.8, 4) is 0 Å². The lowest BCUT2D eigenvalue weighted by molar-refractivity contribution is -0.379. The maximum atomic E-state index is 13.2. The van der Waals surface area contributed by atoms with Crippen molar-refractivity contribution < 1.29 is 89.4 Å². The van der Waals surface area contributed by atoms with Gasteiger partial charge in [0.05, 0.1) is 38.6 Å². The normalized spacial score (nSPS) is 32.7. The number of unbranched alkanes of at least 4 members (excludes halogenated alkanes) is 19. The van der Waals surface area contributed by atoms with Gasteiger partial charge in [-0.2, -0.15) is 0 Å². The van der Waals surface area contributed by atoms with E-state index in [4.69, 9.17) is 28.4 Å². The van der Waals surface area contributed by atoms with Crippen LogP contribution in [0.5, 0.6) is 0 Å². The number of nitrogens with one attached hydrogen (secondary N) is 1. The van der Waals surface area contributed by atoms with Crippen LogP contribution in [-0.4, -0.2) is 193 Å². The molecule has 0 aromatic rings. The molecule has 0 bridgehead atoms. The number of hydrogen-bond donors (Lipinski definition) is 12. The fraction of sp³-hybridized carbons (Fsp3) is 0.902. The number of allylic oxidation sites excluding steroid dienone is 3. The molecule has 12 N–H and O–H groups in total. The molecule has 3 aliphatic heterocycles. The third-order valence-corrected chi connectivity index (χ3v) is 13.5. The number of carbonyl (C=O) groups is 1. The monoisotopic (exact) mass is 1010 g/mol. The van der Waals surface area contributed by atoms with Crippen molar-refractivity contribution in [1.82, 2.24) is 5.32 Å². The van der Waals surface area contributed by atoms with Gasteiger partial charge in [0.2, 0.25) is 5.91 Å². The number of carbonyl (C=O) groups excluding carboxylic acids is 1. The molecule has 0 radical (unpaired) electrons. The van der Waals surface area contributed by atoms with E-state index in [1.54, 1.807) is 6.08 Å². The Hall–Kier alpha value is -1.73. The molecule has 0 spiro atoms. The van der Waals surface area contributed by atoms with E-state index in [9.17, 15) is 61.0 Å². The van der Waals surface area contributed by atoms with Crippen LogP contribution >= 0.6 is 0 Å². The van der Waals surface area contributed by atoms with Gasteiger partial charge in [-0.1, -0.05) is 147 Å². The predicted octanol–water partition coefficient (Wildman–Crippen LogP) is 2.42. The van der Waals surface area contributed by atoms with Gasteiger partial charge in [-0.05, 0) is 32.1 Å². The summed E-state index contributed by atoms with van der Waals surface area (Å²) in [5.74, 6) is -0.288. The predicted molar refractivity (Wildman–Crippen MR) is 259 cm³/mol. The second-order valence-corrected chi connectivity index (χ2v) is 19.3. The molecule has 3 saturated heterocycles. The summed E-state index contributed by atoms with van der Waals surface area (Å²) in [6.07, 6.45) is 6.20. The summed E-state index contributed by atoms with van der Waals surface area (Å²) < 4.78 is 34.1. The van der Waals surface area contributed by atoms with Crippen molar-refractivity contribution in [2.45, 2.75) is 266 Å². The van der Waals surface area contributed by atoms with Crippen molar-refractivity contribution in [3.05, 3.63) is 24.3 Å². The summed E-state index contributed by atoms with van der Waals surface area (Å²) in [6.45, 7) is 1.63. The van der Waals surface area contributed by atoms with Crippen LogP contribution in [0.2, 0.25) is 0 Å². The van der Waals surface area contributed by atoms with Crippen molar-refractivity contribution in [2.75, 3.05) is 26.4 Å². The Kier molecular flexibility index (Phi) is 32.4. The Morgan fingerprint density at radius 3 is 1.43 bits per heavy atom. The van der Waals surface area contributed by atoms with E-state index >= 15 is 0 Å². The van der Waals surface area contributed by atoms with E-state index < -0.39 is 124 Å². The Morgan fingerprint density at radius 2 is 0.914 bits per heavy atom. The number of aliphatic hydroxyl groups is 11. The van der Waals surface area contributed by atoms with Crippen LogP contribution in [0.3, 0.4) is 0 Å². The van der Waals surface area contributed by atoms with Crippen molar-refractivity contribution >= 4 is 5.91 Å². The fourth-order valence-electron chi connectivity index (χ4n) is 9.03. The summed E-state index contributed by atoms with van der Waals surface area (Å²) in [4.78, 5) is 13.2. The zero-order chi connectivity index (χ0) is 51.3. The lowest BCUT2D eigenvalue weighted by atomic mass is 9.96. The molecule has 19 nitrogen and oxygen atoms in total. The van der Waals surface area contributed by atoms with Crippen LogP contribution in [-0.2, 0) is 33.2 Å². The third-order valence-electron chi connectivity index (χ3n) is 13.5. The lowest BCUT2D eigenvalue weighted by Crippen LogP contribution is -2.66. The molecule has 3 fully saturated rings. The first kappa shape index (κ1) is 62.6. The maximum absolute atomic E-state index is 13.2. The first-order valence-corrected chi connectivity index (χ1v) is 26.6. The van der Waals surface area contributed by atoms with Gasteiger partial charge in [0, 0.05) is 6.42 Å². The summed E-state index contributed by atoms with van der Waals surface area (Å²) in [7, 11) is 0. The van der Waals surface area contributed by atoms with Crippen LogP contribution in [0.15, 0.2) is 24.3 Å². The van der Waals surface area contributed by atoms with Gasteiger partial charge in [-0.15, -0.1) is 0 Å². The Morgan fingerprint density at radius 1 is 0.500 bits per heavy atom. The minimum absolute atomic E-state index is 0.239. The second kappa shape index (κ2) is 36.3. The highest BCUT2D eigenvalue weighted by molar-refractivity contribution is 5.76. The SMILES string of the molecule is CCCCCC/C=C/CC/C=C/C(O)C(COC1OC(CO)C(OC2OC(CO)C(OC3OC(CO)C(O)C(O)C3O)C(O)C2O)C(O)C1O)NC(=O)CCCCCCCCCCCCCCCCC. The summed E-state index contributed by atoms with van der Waals surface area (Å²) in [6, 6.07) is -0.982. The average molecular weight is 1010 g/mol. The minimum atomic E-state index is -1.98. The van der Waals surface area contributed by atoms with Gasteiger partial charge >= 0.3 is 0 Å². The summed E-state index contributed by atoms with van der Waals surface area (Å²) >= 11 is 0. The highest BCUT2D eigenvalue weighted by Gasteiger charge is 2.53. The van der Waals surface area contributed by atoms with Crippen LogP contribution in [0, 0.1) is 0 Å². The summed E-state index contributed by atoms with van der Waals surface area (Å²) in [5, 5.41) is 119. The lowest BCUT2D eigenvalue weighted by Gasteiger charge is -2.48. The fourth-order valence-corrected chi connectivity index (χ4v) is 9.03. The Bertz CT molecular complexity index is 1390. The van der Waals surface area contributed by atoms with Gasteiger partial charge in [-0.25, -0.2) is 0 Å². The van der Waals surface area contributed by atoms with E-state index in [0.717, 1.165) is 38.5 Å². The number of rotatable bonds is 37. The van der Waals surface area contributed by atoms with Crippen LogP contribution < -0.4 is 5.32 Å². The number of amides is 1. The topological polar surface area (TPSA) is 307 Å². The molecule has 3 heterocycles.